The maximum Gasteiger partial charge on any atom is 0.249 e. The van der Waals surface area contributed by atoms with Gasteiger partial charge in [-0.25, -0.2) is 8.78 Å². The lowest BCUT2D eigenvalue weighted by molar-refractivity contribution is -0.0878. The van der Waals surface area contributed by atoms with Crippen LogP contribution in [-0.2, 0) is 7.05 Å². The van der Waals surface area contributed by atoms with Crippen LogP contribution in [0.3, 0.4) is 0 Å². The van der Waals surface area contributed by atoms with E-state index in [0.717, 1.165) is 9.26 Å². The summed E-state index contributed by atoms with van der Waals surface area (Å²) >= 11 is 2.14. The van der Waals surface area contributed by atoms with Gasteiger partial charge in [0.15, 0.2) is 0 Å². The highest BCUT2D eigenvalue weighted by molar-refractivity contribution is 14.1. The van der Waals surface area contributed by atoms with E-state index in [4.69, 9.17) is 0 Å². The molecule has 0 bridgehead atoms. The Labute approximate surface area is 88.5 Å². The van der Waals surface area contributed by atoms with Crippen LogP contribution in [0.25, 0.3) is 0 Å². The van der Waals surface area contributed by atoms with Gasteiger partial charge in [0.1, 0.15) is 0 Å². The fraction of sp³-hybridized carbons (Fsp3) is 0.625. The summed E-state index contributed by atoms with van der Waals surface area (Å²) in [6.45, 7) is 0. The van der Waals surface area contributed by atoms with Gasteiger partial charge in [-0.3, -0.25) is 4.68 Å². The van der Waals surface area contributed by atoms with Crippen molar-refractivity contribution in [3.05, 3.63) is 15.5 Å². The van der Waals surface area contributed by atoms with Crippen molar-refractivity contribution in [2.24, 2.45) is 7.05 Å². The fourth-order valence-electron chi connectivity index (χ4n) is 1.61. The van der Waals surface area contributed by atoms with Gasteiger partial charge in [0.2, 0.25) is 5.92 Å². The molecular weight excluding hydrogens is 289 g/mol. The van der Waals surface area contributed by atoms with Crippen LogP contribution in [0.5, 0.6) is 0 Å². The lowest BCUT2D eigenvalue weighted by Gasteiger charge is -2.33. The highest BCUT2D eigenvalue weighted by Gasteiger charge is 2.47. The number of aryl methyl sites for hydroxylation is 1. The second kappa shape index (κ2) is 2.90. The van der Waals surface area contributed by atoms with Gasteiger partial charge in [0, 0.05) is 32.0 Å². The van der Waals surface area contributed by atoms with E-state index in [1.807, 2.05) is 13.2 Å². The minimum atomic E-state index is -2.45. The first kappa shape index (κ1) is 9.36. The number of hydrogen-bond donors (Lipinski definition) is 0. The molecule has 0 N–H and O–H groups in total. The highest BCUT2D eigenvalue weighted by atomic mass is 127. The molecule has 0 amide bonds. The number of hydrogen-bond acceptors (Lipinski definition) is 1. The first-order valence-corrected chi connectivity index (χ1v) is 5.13. The van der Waals surface area contributed by atoms with E-state index in [9.17, 15) is 8.78 Å². The first-order chi connectivity index (χ1) is 5.98. The molecule has 2 rings (SSSR count). The van der Waals surface area contributed by atoms with Crippen LogP contribution in [0.2, 0.25) is 0 Å². The Morgan fingerprint density at radius 1 is 1.62 bits per heavy atom. The third kappa shape index (κ3) is 1.70. The van der Waals surface area contributed by atoms with Gasteiger partial charge in [-0.2, -0.15) is 5.10 Å². The molecule has 0 spiro atoms. The molecule has 1 aromatic heterocycles. The van der Waals surface area contributed by atoms with Crippen molar-refractivity contribution in [1.82, 2.24) is 9.78 Å². The normalized spacial score (nSPS) is 21.5. The summed E-state index contributed by atoms with van der Waals surface area (Å²) < 4.78 is 27.8. The zero-order valence-corrected chi connectivity index (χ0v) is 9.25. The van der Waals surface area contributed by atoms with Gasteiger partial charge < -0.3 is 0 Å². The van der Waals surface area contributed by atoms with Gasteiger partial charge in [0.25, 0.3) is 0 Å². The third-order valence-corrected chi connectivity index (χ3v) is 3.12. The molecule has 1 aliphatic rings. The molecule has 1 heterocycles. The molecule has 0 unspecified atom stereocenters. The van der Waals surface area contributed by atoms with E-state index in [-0.39, 0.29) is 18.8 Å². The van der Waals surface area contributed by atoms with Gasteiger partial charge in [-0.05, 0) is 22.6 Å². The Bertz CT molecular complexity index is 327. The van der Waals surface area contributed by atoms with E-state index >= 15 is 0 Å². The van der Waals surface area contributed by atoms with Crippen LogP contribution >= 0.6 is 22.6 Å². The maximum absolute atomic E-state index is 12.6. The molecule has 72 valence electrons. The maximum atomic E-state index is 12.6. The van der Waals surface area contributed by atoms with Crippen molar-refractivity contribution in [3.63, 3.8) is 0 Å². The molecule has 1 aromatic rings. The fourth-order valence-corrected chi connectivity index (χ4v) is 2.56. The molecule has 1 fully saturated rings. The lowest BCUT2D eigenvalue weighted by Crippen LogP contribution is -2.34. The minimum Gasteiger partial charge on any atom is -0.274 e. The van der Waals surface area contributed by atoms with Gasteiger partial charge >= 0.3 is 0 Å². The molecule has 0 atom stereocenters. The van der Waals surface area contributed by atoms with Crippen LogP contribution in [0.15, 0.2) is 6.20 Å². The van der Waals surface area contributed by atoms with E-state index in [0.29, 0.717) is 0 Å². The van der Waals surface area contributed by atoms with Crippen LogP contribution < -0.4 is 0 Å². The Morgan fingerprint density at radius 2 is 2.23 bits per heavy atom. The molecule has 0 saturated heterocycles. The van der Waals surface area contributed by atoms with E-state index in [1.54, 1.807) is 4.68 Å². The SMILES string of the molecule is Cn1cc(I)c(C2CC(F)(F)C2)n1. The Balaban J connectivity index is 2.15. The number of alkyl halides is 2. The summed E-state index contributed by atoms with van der Waals surface area (Å²) in [6.07, 6.45) is 1.77. The summed E-state index contributed by atoms with van der Waals surface area (Å²) in [5.41, 5.74) is 0.828. The summed E-state index contributed by atoms with van der Waals surface area (Å²) in [7, 11) is 1.81. The quantitative estimate of drug-likeness (QED) is 0.729. The monoisotopic (exact) mass is 298 g/mol. The minimum absolute atomic E-state index is 0.0388. The molecule has 13 heavy (non-hydrogen) atoms. The van der Waals surface area contributed by atoms with Crippen LogP contribution in [0.1, 0.15) is 24.5 Å². The first-order valence-electron chi connectivity index (χ1n) is 4.05. The van der Waals surface area contributed by atoms with Crippen molar-refractivity contribution in [2.75, 3.05) is 0 Å². The lowest BCUT2D eigenvalue weighted by atomic mass is 9.79. The van der Waals surface area contributed by atoms with Crippen molar-refractivity contribution in [1.29, 1.82) is 0 Å². The predicted octanol–water partition coefficient (Wildman–Crippen LogP) is 2.54. The summed E-state index contributed by atoms with van der Waals surface area (Å²) in [5.74, 6) is -2.49. The molecule has 0 radical (unpaired) electrons. The molecular formula is C8H9F2IN2. The number of halogens is 3. The van der Waals surface area contributed by atoms with E-state index < -0.39 is 5.92 Å². The molecule has 0 aromatic carbocycles. The van der Waals surface area contributed by atoms with Gasteiger partial charge in [-0.1, -0.05) is 0 Å². The molecule has 0 aliphatic heterocycles. The molecule has 5 heteroatoms. The second-order valence-corrected chi connectivity index (χ2v) is 4.66. The summed E-state index contributed by atoms with van der Waals surface area (Å²) in [5, 5.41) is 4.17. The topological polar surface area (TPSA) is 17.8 Å². The molecule has 2 nitrogen and oxygen atoms in total. The number of aromatic nitrogens is 2. The van der Waals surface area contributed by atoms with Crippen LogP contribution in [-0.4, -0.2) is 15.7 Å². The largest absolute Gasteiger partial charge is 0.274 e. The van der Waals surface area contributed by atoms with Gasteiger partial charge in [-0.15, -0.1) is 0 Å². The van der Waals surface area contributed by atoms with Crippen LogP contribution in [0, 0.1) is 3.57 Å². The Kier molecular flexibility index (Phi) is 2.08. The van der Waals surface area contributed by atoms with Crippen molar-refractivity contribution >= 4 is 22.6 Å². The summed E-state index contributed by atoms with van der Waals surface area (Å²) in [6, 6.07) is 0. The summed E-state index contributed by atoms with van der Waals surface area (Å²) in [4.78, 5) is 0. The zero-order valence-electron chi connectivity index (χ0n) is 7.10. The molecule has 1 aliphatic carbocycles. The van der Waals surface area contributed by atoms with Crippen LogP contribution in [0.4, 0.5) is 8.78 Å². The van der Waals surface area contributed by atoms with E-state index in [1.165, 1.54) is 0 Å². The second-order valence-electron chi connectivity index (χ2n) is 3.50. The van der Waals surface area contributed by atoms with Gasteiger partial charge in [0.05, 0.1) is 9.26 Å². The molecule has 1 saturated carbocycles. The average molecular weight is 298 g/mol. The predicted molar refractivity (Wildman–Crippen MR) is 52.8 cm³/mol. The van der Waals surface area contributed by atoms with Crippen molar-refractivity contribution in [2.45, 2.75) is 24.7 Å². The van der Waals surface area contributed by atoms with Crippen molar-refractivity contribution in [3.8, 4) is 0 Å². The zero-order chi connectivity index (χ0) is 9.64. The average Bonchev–Trinajstić information content (AvgIpc) is 2.24. The number of nitrogens with zero attached hydrogens (tertiary/aromatic N) is 2. The van der Waals surface area contributed by atoms with E-state index in [2.05, 4.69) is 27.7 Å². The third-order valence-electron chi connectivity index (χ3n) is 2.29. The standard InChI is InChI=1S/C8H9F2IN2/c1-13-4-6(11)7(12-13)5-2-8(9,10)3-5/h4-5H,2-3H2,1H3. The smallest absolute Gasteiger partial charge is 0.249 e. The number of rotatable bonds is 1. The highest BCUT2D eigenvalue weighted by Crippen LogP contribution is 2.48. The Hall–Kier alpha value is -0.200. The van der Waals surface area contributed by atoms with Crippen molar-refractivity contribution < 1.29 is 8.78 Å². The Morgan fingerprint density at radius 3 is 2.62 bits per heavy atom.